The number of para-hydroxylation sites is 1. The minimum absolute atomic E-state index is 0.143. The van der Waals surface area contributed by atoms with Crippen LogP contribution >= 0.6 is 0 Å². The Kier molecular flexibility index (Phi) is 5.83. The predicted octanol–water partition coefficient (Wildman–Crippen LogP) is 2.64. The quantitative estimate of drug-likeness (QED) is 0.839. The van der Waals surface area contributed by atoms with Crippen LogP contribution in [0.4, 0.5) is 10.5 Å². The van der Waals surface area contributed by atoms with Gasteiger partial charge in [0.1, 0.15) is 5.60 Å². The first-order chi connectivity index (χ1) is 11.3. The van der Waals surface area contributed by atoms with Gasteiger partial charge in [-0.1, -0.05) is 18.2 Å². The van der Waals surface area contributed by atoms with Crippen molar-refractivity contribution >= 4 is 17.7 Å². The molecule has 0 saturated heterocycles. The van der Waals surface area contributed by atoms with Gasteiger partial charge in [-0.15, -0.1) is 0 Å². The van der Waals surface area contributed by atoms with E-state index in [0.29, 0.717) is 19.7 Å². The molecule has 0 aliphatic carbocycles. The minimum atomic E-state index is -0.531. The van der Waals surface area contributed by atoms with Crippen molar-refractivity contribution in [3.63, 3.8) is 0 Å². The number of amides is 1. The summed E-state index contributed by atoms with van der Waals surface area (Å²) < 4.78 is 10.4. The van der Waals surface area contributed by atoms with Crippen LogP contribution in [0.1, 0.15) is 38.8 Å². The third-order valence-corrected chi connectivity index (χ3v) is 3.58. The number of benzene rings is 1. The van der Waals surface area contributed by atoms with E-state index in [2.05, 4.69) is 5.32 Å². The molecule has 0 unspecified atom stereocenters. The SMILES string of the molecule is CCOC(=O)CNCc1cccc2c1N(C(=O)OC(C)(C)C)CC2. The Labute approximate surface area is 143 Å². The van der Waals surface area contributed by atoms with Gasteiger partial charge in [0, 0.05) is 13.1 Å². The molecule has 0 radical (unpaired) electrons. The highest BCUT2D eigenvalue weighted by molar-refractivity contribution is 5.91. The van der Waals surface area contributed by atoms with E-state index < -0.39 is 5.60 Å². The first kappa shape index (κ1) is 18.3. The van der Waals surface area contributed by atoms with Crippen LogP contribution in [-0.2, 0) is 27.2 Å². The highest BCUT2D eigenvalue weighted by Gasteiger charge is 2.30. The third kappa shape index (κ3) is 4.71. The summed E-state index contributed by atoms with van der Waals surface area (Å²) >= 11 is 0. The molecule has 6 heteroatoms. The van der Waals surface area contributed by atoms with E-state index in [1.165, 1.54) is 0 Å². The Bertz CT molecular complexity index is 608. The summed E-state index contributed by atoms with van der Waals surface area (Å²) in [4.78, 5) is 25.6. The summed E-state index contributed by atoms with van der Waals surface area (Å²) in [5.74, 6) is -0.283. The van der Waals surface area contributed by atoms with Crippen LogP contribution < -0.4 is 10.2 Å². The second kappa shape index (κ2) is 7.66. The summed E-state index contributed by atoms with van der Waals surface area (Å²) in [6.45, 7) is 8.96. The molecule has 1 aliphatic rings. The molecule has 1 aliphatic heterocycles. The lowest BCUT2D eigenvalue weighted by molar-refractivity contribution is -0.142. The van der Waals surface area contributed by atoms with Crippen LogP contribution in [0, 0.1) is 0 Å². The monoisotopic (exact) mass is 334 g/mol. The minimum Gasteiger partial charge on any atom is -0.465 e. The number of carbonyl (C=O) groups excluding carboxylic acids is 2. The maximum absolute atomic E-state index is 12.5. The van der Waals surface area contributed by atoms with Gasteiger partial charge in [0.05, 0.1) is 18.8 Å². The highest BCUT2D eigenvalue weighted by Crippen LogP contribution is 2.33. The molecule has 0 atom stereocenters. The number of nitrogens with zero attached hydrogens (tertiary/aromatic N) is 1. The van der Waals surface area contributed by atoms with E-state index >= 15 is 0 Å². The lowest BCUT2D eigenvalue weighted by Gasteiger charge is -2.26. The number of nitrogens with one attached hydrogen (secondary N) is 1. The fourth-order valence-corrected chi connectivity index (χ4v) is 2.69. The average molecular weight is 334 g/mol. The molecule has 2 rings (SSSR count). The molecule has 0 saturated carbocycles. The van der Waals surface area contributed by atoms with Gasteiger partial charge in [0.25, 0.3) is 0 Å². The number of rotatable bonds is 5. The second-order valence-electron chi connectivity index (χ2n) is 6.72. The van der Waals surface area contributed by atoms with E-state index in [9.17, 15) is 9.59 Å². The first-order valence-corrected chi connectivity index (χ1v) is 8.29. The van der Waals surface area contributed by atoms with E-state index in [1.54, 1.807) is 11.8 Å². The molecule has 0 fully saturated rings. The van der Waals surface area contributed by atoms with Crippen molar-refractivity contribution in [1.29, 1.82) is 0 Å². The molecule has 0 bridgehead atoms. The molecule has 1 aromatic rings. The number of esters is 1. The summed E-state index contributed by atoms with van der Waals surface area (Å²) in [7, 11) is 0. The van der Waals surface area contributed by atoms with E-state index in [-0.39, 0.29) is 18.6 Å². The molecule has 1 amide bonds. The van der Waals surface area contributed by atoms with Gasteiger partial charge in [0.2, 0.25) is 0 Å². The molecule has 1 aromatic carbocycles. The van der Waals surface area contributed by atoms with Crippen LogP contribution in [0.5, 0.6) is 0 Å². The fraction of sp³-hybridized carbons (Fsp3) is 0.556. The smallest absolute Gasteiger partial charge is 0.414 e. The van der Waals surface area contributed by atoms with Crippen molar-refractivity contribution in [3.05, 3.63) is 29.3 Å². The number of fused-ring (bicyclic) bond motifs is 1. The van der Waals surface area contributed by atoms with Crippen molar-refractivity contribution in [3.8, 4) is 0 Å². The van der Waals surface area contributed by atoms with Gasteiger partial charge in [-0.05, 0) is 45.2 Å². The second-order valence-corrected chi connectivity index (χ2v) is 6.72. The van der Waals surface area contributed by atoms with Gasteiger partial charge < -0.3 is 14.8 Å². The summed E-state index contributed by atoms with van der Waals surface area (Å²) in [6.07, 6.45) is 0.472. The Hall–Kier alpha value is -2.08. The average Bonchev–Trinajstić information content (AvgIpc) is 2.90. The molecule has 132 valence electrons. The molecule has 24 heavy (non-hydrogen) atoms. The number of ether oxygens (including phenoxy) is 2. The van der Waals surface area contributed by atoms with Crippen molar-refractivity contribution < 1.29 is 19.1 Å². The van der Waals surface area contributed by atoms with Crippen LogP contribution in [0.15, 0.2) is 18.2 Å². The molecule has 0 aromatic heterocycles. The summed E-state index contributed by atoms with van der Waals surface area (Å²) in [6, 6.07) is 5.95. The number of hydrogen-bond acceptors (Lipinski definition) is 5. The Morgan fingerprint density at radius 3 is 2.71 bits per heavy atom. The number of anilines is 1. The van der Waals surface area contributed by atoms with E-state index in [4.69, 9.17) is 9.47 Å². The molecule has 1 N–H and O–H groups in total. The Morgan fingerprint density at radius 2 is 2.04 bits per heavy atom. The maximum Gasteiger partial charge on any atom is 0.414 e. The molecule has 1 heterocycles. The van der Waals surface area contributed by atoms with Crippen molar-refractivity contribution in [2.24, 2.45) is 0 Å². The lowest BCUT2D eigenvalue weighted by atomic mass is 10.1. The lowest BCUT2D eigenvalue weighted by Crippen LogP contribution is -2.36. The zero-order valence-electron chi connectivity index (χ0n) is 14.8. The van der Waals surface area contributed by atoms with Gasteiger partial charge in [-0.3, -0.25) is 9.69 Å². The largest absolute Gasteiger partial charge is 0.465 e. The van der Waals surface area contributed by atoms with Crippen LogP contribution in [0.3, 0.4) is 0 Å². The van der Waals surface area contributed by atoms with Gasteiger partial charge >= 0.3 is 12.1 Å². The van der Waals surface area contributed by atoms with Crippen molar-refractivity contribution in [2.45, 2.75) is 46.3 Å². The fourth-order valence-electron chi connectivity index (χ4n) is 2.69. The zero-order valence-corrected chi connectivity index (χ0v) is 14.8. The summed E-state index contributed by atoms with van der Waals surface area (Å²) in [5.41, 5.74) is 2.45. The van der Waals surface area contributed by atoms with Gasteiger partial charge in [-0.2, -0.15) is 0 Å². The highest BCUT2D eigenvalue weighted by atomic mass is 16.6. The molecule has 6 nitrogen and oxygen atoms in total. The van der Waals surface area contributed by atoms with Gasteiger partial charge in [0.15, 0.2) is 0 Å². The van der Waals surface area contributed by atoms with Gasteiger partial charge in [-0.25, -0.2) is 4.79 Å². The molecular formula is C18H26N2O4. The standard InChI is InChI=1S/C18H26N2O4/c1-5-23-15(21)12-19-11-14-8-6-7-13-9-10-20(16(13)14)17(22)24-18(2,3)4/h6-8,19H,5,9-12H2,1-4H3. The topological polar surface area (TPSA) is 67.9 Å². The molecule has 0 spiro atoms. The third-order valence-electron chi connectivity index (χ3n) is 3.58. The predicted molar refractivity (Wildman–Crippen MR) is 92.1 cm³/mol. The number of carbonyl (C=O) groups is 2. The van der Waals surface area contributed by atoms with Crippen LogP contribution in [0.2, 0.25) is 0 Å². The Morgan fingerprint density at radius 1 is 1.29 bits per heavy atom. The van der Waals surface area contributed by atoms with Crippen LogP contribution in [0.25, 0.3) is 0 Å². The maximum atomic E-state index is 12.5. The zero-order chi connectivity index (χ0) is 17.7. The summed E-state index contributed by atoms with van der Waals surface area (Å²) in [5, 5.41) is 3.07. The van der Waals surface area contributed by atoms with E-state index in [1.807, 2.05) is 39.0 Å². The van der Waals surface area contributed by atoms with Crippen molar-refractivity contribution in [2.75, 3.05) is 24.6 Å². The molecular weight excluding hydrogens is 308 g/mol. The number of hydrogen-bond donors (Lipinski definition) is 1. The van der Waals surface area contributed by atoms with E-state index in [0.717, 1.165) is 23.2 Å². The Balaban J connectivity index is 2.09. The normalized spacial score (nSPS) is 13.6. The van der Waals surface area contributed by atoms with Crippen molar-refractivity contribution in [1.82, 2.24) is 5.32 Å². The first-order valence-electron chi connectivity index (χ1n) is 8.29. The van der Waals surface area contributed by atoms with Crippen LogP contribution in [-0.4, -0.2) is 37.4 Å².